The molecule has 11 heteroatoms. The molecule has 0 unspecified atom stereocenters. The summed E-state index contributed by atoms with van der Waals surface area (Å²) in [7, 11) is -1.82. The van der Waals surface area contributed by atoms with Gasteiger partial charge in [0.05, 0.1) is 43.5 Å². The number of hydrogen-bond acceptors (Lipinski definition) is 8. The maximum absolute atomic E-state index is 14.2. The van der Waals surface area contributed by atoms with Crippen LogP contribution < -0.4 is 19.1 Å². The van der Waals surface area contributed by atoms with Crippen LogP contribution in [-0.4, -0.2) is 75.7 Å². The van der Waals surface area contributed by atoms with Crippen LogP contribution in [0.3, 0.4) is 0 Å². The highest BCUT2D eigenvalue weighted by Gasteiger charge is 2.29. The number of methoxy groups -OCH3 is 1. The average molecular weight is 480 g/mol. The minimum atomic E-state index is -3.18. The molecule has 1 fully saturated rings. The molecule has 2 aliphatic rings. The number of aromatic nitrogens is 1. The first-order valence-corrected chi connectivity index (χ1v) is 12.7. The lowest BCUT2D eigenvalue weighted by Crippen LogP contribution is -2.32. The van der Waals surface area contributed by atoms with Crippen molar-refractivity contribution in [3.05, 3.63) is 36.3 Å². The van der Waals surface area contributed by atoms with Crippen molar-refractivity contribution < 1.29 is 31.8 Å². The molecule has 2 aromatic rings. The third-order valence-corrected chi connectivity index (χ3v) is 6.52. The lowest BCUT2D eigenvalue weighted by molar-refractivity contribution is -0.130. The van der Waals surface area contributed by atoms with Crippen molar-refractivity contribution in [2.24, 2.45) is 0 Å². The van der Waals surface area contributed by atoms with Crippen LogP contribution in [0.5, 0.6) is 17.4 Å². The number of fused-ring (bicyclic) bond motifs is 1. The van der Waals surface area contributed by atoms with Crippen LogP contribution in [0.25, 0.3) is 0 Å². The van der Waals surface area contributed by atoms with E-state index in [-0.39, 0.29) is 30.1 Å². The molecule has 0 bridgehead atoms. The summed E-state index contributed by atoms with van der Waals surface area (Å²) in [6.07, 6.45) is 3.08. The summed E-state index contributed by atoms with van der Waals surface area (Å²) in [5.41, 5.74) is 1.29. The molecule has 0 radical (unpaired) electrons. The van der Waals surface area contributed by atoms with Gasteiger partial charge in [-0.3, -0.25) is 4.79 Å². The van der Waals surface area contributed by atoms with Crippen molar-refractivity contribution in [1.82, 2.24) is 9.88 Å². The Morgan fingerprint density at radius 2 is 2.12 bits per heavy atom. The van der Waals surface area contributed by atoms with Crippen LogP contribution in [0, 0.1) is 5.82 Å². The van der Waals surface area contributed by atoms with Gasteiger partial charge in [-0.15, -0.1) is 0 Å². The van der Waals surface area contributed by atoms with Crippen LogP contribution in [0.2, 0.25) is 0 Å². The number of amides is 1. The van der Waals surface area contributed by atoms with Crippen LogP contribution in [0.1, 0.15) is 12.8 Å². The smallest absolute Gasteiger partial charge is 0.250 e. The highest BCUT2D eigenvalue weighted by Crippen LogP contribution is 2.40. The molecule has 1 amide bonds. The first-order valence-electron chi connectivity index (χ1n) is 10.6. The van der Waals surface area contributed by atoms with E-state index in [0.29, 0.717) is 49.8 Å². The second-order valence-corrected chi connectivity index (χ2v) is 10.3. The third-order valence-electron chi connectivity index (χ3n) is 5.58. The second-order valence-electron chi connectivity index (χ2n) is 8.06. The van der Waals surface area contributed by atoms with Crippen molar-refractivity contribution >= 4 is 27.1 Å². The van der Waals surface area contributed by atoms with Gasteiger partial charge in [0.15, 0.2) is 5.82 Å². The summed E-state index contributed by atoms with van der Waals surface area (Å²) < 4.78 is 53.6. The van der Waals surface area contributed by atoms with E-state index in [1.165, 1.54) is 13.2 Å². The van der Waals surface area contributed by atoms with Gasteiger partial charge in [-0.1, -0.05) is 0 Å². The molecule has 1 atom stereocenters. The van der Waals surface area contributed by atoms with Gasteiger partial charge in [0.25, 0.3) is 0 Å². The van der Waals surface area contributed by atoms with Crippen molar-refractivity contribution in [2.75, 3.05) is 50.3 Å². The third kappa shape index (κ3) is 5.47. The number of rotatable bonds is 7. The molecule has 0 saturated carbocycles. The number of nitrogens with zero attached hydrogens (tertiary/aromatic N) is 3. The van der Waals surface area contributed by atoms with E-state index in [1.54, 1.807) is 23.2 Å². The van der Waals surface area contributed by atoms with Crippen molar-refractivity contribution in [1.29, 1.82) is 0 Å². The summed E-state index contributed by atoms with van der Waals surface area (Å²) in [6.45, 7) is 1.86. The summed E-state index contributed by atoms with van der Waals surface area (Å²) in [6, 6.07) is 6.79. The van der Waals surface area contributed by atoms with Gasteiger partial charge < -0.3 is 24.0 Å². The van der Waals surface area contributed by atoms with Crippen molar-refractivity contribution in [2.45, 2.75) is 18.9 Å². The van der Waals surface area contributed by atoms with E-state index in [0.717, 1.165) is 11.9 Å². The number of anilines is 2. The minimum absolute atomic E-state index is 0.0246. The molecule has 3 heterocycles. The van der Waals surface area contributed by atoms with Crippen LogP contribution in [0.4, 0.5) is 15.8 Å². The van der Waals surface area contributed by atoms with Crippen LogP contribution >= 0.6 is 0 Å². The molecule has 0 aliphatic carbocycles. The molecule has 0 N–H and O–H groups in total. The highest BCUT2D eigenvalue weighted by atomic mass is 32.2. The number of likely N-dealkylation sites (tertiary alicyclic amines) is 1. The second kappa shape index (κ2) is 9.42. The van der Waals surface area contributed by atoms with Gasteiger partial charge in [0, 0.05) is 37.8 Å². The number of carbonyl (C=O) groups is 1. The lowest BCUT2D eigenvalue weighted by Gasteiger charge is -2.31. The lowest BCUT2D eigenvalue weighted by atomic mass is 10.2. The molecule has 33 heavy (non-hydrogen) atoms. The Bertz CT molecular complexity index is 1140. The van der Waals surface area contributed by atoms with Crippen LogP contribution in [-0.2, 0) is 14.6 Å². The number of halogens is 1. The molecule has 1 aromatic carbocycles. The molecule has 9 nitrogen and oxygen atoms in total. The van der Waals surface area contributed by atoms with Crippen LogP contribution in [0.15, 0.2) is 30.5 Å². The summed E-state index contributed by atoms with van der Waals surface area (Å²) >= 11 is 0. The normalized spacial score (nSPS) is 18.0. The Labute approximate surface area is 192 Å². The van der Waals surface area contributed by atoms with Crippen molar-refractivity contribution in [3.8, 4) is 17.4 Å². The fourth-order valence-corrected chi connectivity index (χ4v) is 4.47. The maximum Gasteiger partial charge on any atom is 0.250 e. The summed E-state index contributed by atoms with van der Waals surface area (Å²) in [5, 5.41) is 0. The number of hydrogen-bond donors (Lipinski definition) is 0. The molecule has 178 valence electrons. The van der Waals surface area contributed by atoms with E-state index in [1.807, 2.05) is 11.0 Å². The number of sulfone groups is 1. The molecule has 4 rings (SSSR count). The topological polar surface area (TPSA) is 98.3 Å². The minimum Gasteiger partial charge on any atom is -0.490 e. The standard InChI is InChI=1S/C22H26FN3O6S/c1-30-22-18(23)11-15(13-24-22)26-8-9-31-20-4-3-16(12-19(20)26)32-17-5-7-25(14-17)21(27)6-10-33(2,28)29/h3-4,11-13,17H,5-10,14H2,1-2H3/t17-/m0/s1. The zero-order valence-electron chi connectivity index (χ0n) is 18.5. The number of ether oxygens (including phenoxy) is 3. The van der Waals surface area contributed by atoms with E-state index in [2.05, 4.69) is 4.98 Å². The SMILES string of the molecule is COc1ncc(N2CCOc3ccc(O[C@H]4CCN(C(=O)CCS(C)(=O)=O)C4)cc32)cc1F. The monoisotopic (exact) mass is 479 g/mol. The Kier molecular flexibility index (Phi) is 6.59. The van der Waals surface area contributed by atoms with Gasteiger partial charge in [0.2, 0.25) is 11.8 Å². The molecular formula is C22H26FN3O6S. The van der Waals surface area contributed by atoms with Gasteiger partial charge >= 0.3 is 0 Å². The Balaban J connectivity index is 1.45. The molecule has 2 aliphatic heterocycles. The van der Waals surface area contributed by atoms with E-state index in [9.17, 15) is 17.6 Å². The predicted molar refractivity (Wildman–Crippen MR) is 120 cm³/mol. The van der Waals surface area contributed by atoms with Gasteiger partial charge in [-0.05, 0) is 12.1 Å². The van der Waals surface area contributed by atoms with Crippen molar-refractivity contribution in [3.63, 3.8) is 0 Å². The Morgan fingerprint density at radius 1 is 1.30 bits per heavy atom. The van der Waals surface area contributed by atoms with E-state index in [4.69, 9.17) is 14.2 Å². The molecule has 0 spiro atoms. The van der Waals surface area contributed by atoms with E-state index < -0.39 is 15.7 Å². The van der Waals surface area contributed by atoms with E-state index >= 15 is 0 Å². The van der Waals surface area contributed by atoms with Gasteiger partial charge in [-0.2, -0.15) is 0 Å². The summed E-state index contributed by atoms with van der Waals surface area (Å²) in [4.78, 5) is 19.8. The predicted octanol–water partition coefficient (Wildman–Crippen LogP) is 2.17. The van der Waals surface area contributed by atoms with Gasteiger partial charge in [0.1, 0.15) is 34.0 Å². The zero-order chi connectivity index (χ0) is 23.6. The number of benzene rings is 1. The number of carbonyl (C=O) groups excluding carboxylic acids is 1. The quantitative estimate of drug-likeness (QED) is 0.596. The largest absolute Gasteiger partial charge is 0.490 e. The maximum atomic E-state index is 14.2. The Hall–Kier alpha value is -3.08. The number of pyridine rings is 1. The zero-order valence-corrected chi connectivity index (χ0v) is 19.3. The molecule has 1 saturated heterocycles. The molecule has 1 aromatic heterocycles. The fraction of sp³-hybridized carbons (Fsp3) is 0.455. The first kappa shape index (κ1) is 23.1. The fourth-order valence-electron chi connectivity index (χ4n) is 3.93. The Morgan fingerprint density at radius 3 is 2.85 bits per heavy atom. The molecular weight excluding hydrogens is 453 g/mol. The summed E-state index contributed by atoms with van der Waals surface area (Å²) in [5.74, 6) is 0.277. The highest BCUT2D eigenvalue weighted by molar-refractivity contribution is 7.90. The first-order chi connectivity index (χ1) is 15.7. The van der Waals surface area contributed by atoms with Gasteiger partial charge in [-0.25, -0.2) is 17.8 Å². The average Bonchev–Trinajstić information content (AvgIpc) is 3.25.